The predicted octanol–water partition coefficient (Wildman–Crippen LogP) is -2.01. The Morgan fingerprint density at radius 3 is 2.97 bits per heavy atom. The van der Waals surface area contributed by atoms with E-state index >= 15 is 0 Å². The molecule has 1 saturated heterocycles. The maximum Gasteiger partial charge on any atom is 0.326 e. The average molecular weight is 412 g/mol. The standard InChI is InChI=1S/C18H20N8O4/c27-16-11(22-18(29)25-16)5-9-7-20-26-14(21-10-1-2-10)6-13(23-15(9)26)24-17(28)12-8-19-3-4-30-12/h5-7,10,12,19,27H,1-4,8H2,(H,24,28)(H2,22,25,29). The number of imidazole rings is 1. The lowest BCUT2D eigenvalue weighted by atomic mass is 10.3. The SMILES string of the molecule is O=C(Nc1cc(=NC2CC2)n2ncc(=Cc3[nH]c(=O)[nH]c3O)c2n1)C1CNCCO1. The molecule has 1 atom stereocenters. The molecule has 3 aromatic heterocycles. The molecule has 5 rings (SSSR count). The highest BCUT2D eigenvalue weighted by Gasteiger charge is 2.23. The van der Waals surface area contributed by atoms with Crippen molar-refractivity contribution in [2.75, 3.05) is 25.0 Å². The number of aromatic hydroxyl groups is 1. The summed E-state index contributed by atoms with van der Waals surface area (Å²) in [7, 11) is 0. The second kappa shape index (κ2) is 7.39. The number of carbonyl (C=O) groups is 1. The first-order chi connectivity index (χ1) is 14.6. The number of hydrogen-bond acceptors (Lipinski definition) is 8. The molecule has 1 amide bonds. The Labute approximate surface area is 168 Å². The van der Waals surface area contributed by atoms with E-state index in [2.05, 4.69) is 35.7 Å². The Bertz CT molecular complexity index is 1280. The molecule has 12 nitrogen and oxygen atoms in total. The number of ether oxygens (including phenoxy) is 1. The van der Waals surface area contributed by atoms with Gasteiger partial charge >= 0.3 is 5.69 Å². The molecule has 2 aliphatic rings. The number of hydrogen-bond donors (Lipinski definition) is 5. The molecule has 0 bridgehead atoms. The molecule has 12 heteroatoms. The molecule has 0 radical (unpaired) electrons. The van der Waals surface area contributed by atoms with Crippen LogP contribution in [-0.4, -0.2) is 67.4 Å². The van der Waals surface area contributed by atoms with E-state index in [0.717, 1.165) is 12.8 Å². The highest BCUT2D eigenvalue weighted by Crippen LogP contribution is 2.22. The van der Waals surface area contributed by atoms with Gasteiger partial charge in [0.15, 0.2) is 11.1 Å². The molecule has 1 aliphatic heterocycles. The Morgan fingerprint density at radius 1 is 1.40 bits per heavy atom. The molecular formula is C18H20N8O4. The van der Waals surface area contributed by atoms with Gasteiger partial charge in [0.25, 0.3) is 5.91 Å². The highest BCUT2D eigenvalue weighted by atomic mass is 16.5. The van der Waals surface area contributed by atoms with Gasteiger partial charge < -0.3 is 25.5 Å². The largest absolute Gasteiger partial charge is 0.493 e. The Morgan fingerprint density at radius 2 is 2.27 bits per heavy atom. The van der Waals surface area contributed by atoms with Gasteiger partial charge in [0, 0.05) is 24.4 Å². The summed E-state index contributed by atoms with van der Waals surface area (Å²) in [5.74, 6) is -0.259. The smallest absolute Gasteiger partial charge is 0.326 e. The topological polar surface area (TPSA) is 162 Å². The van der Waals surface area contributed by atoms with E-state index in [-0.39, 0.29) is 23.5 Å². The van der Waals surface area contributed by atoms with Gasteiger partial charge in [-0.1, -0.05) is 0 Å². The van der Waals surface area contributed by atoms with Gasteiger partial charge in [0.05, 0.1) is 18.8 Å². The van der Waals surface area contributed by atoms with E-state index in [1.54, 1.807) is 22.9 Å². The Hall–Kier alpha value is -3.51. The number of aromatic nitrogens is 5. The first-order valence-corrected chi connectivity index (χ1v) is 9.65. The lowest BCUT2D eigenvalue weighted by Crippen LogP contribution is -2.45. The molecule has 5 N–H and O–H groups in total. The third-order valence-electron chi connectivity index (χ3n) is 4.85. The van der Waals surface area contributed by atoms with Crippen molar-refractivity contribution in [2.45, 2.75) is 25.0 Å². The van der Waals surface area contributed by atoms with E-state index in [0.29, 0.717) is 41.9 Å². The summed E-state index contributed by atoms with van der Waals surface area (Å²) in [6, 6.07) is 1.90. The first kappa shape index (κ1) is 18.5. The van der Waals surface area contributed by atoms with Gasteiger partial charge in [-0.05, 0) is 18.9 Å². The lowest BCUT2D eigenvalue weighted by molar-refractivity contribution is -0.128. The van der Waals surface area contributed by atoms with Crippen molar-refractivity contribution in [2.24, 2.45) is 4.99 Å². The summed E-state index contributed by atoms with van der Waals surface area (Å²) in [5, 5.41) is 20.6. The van der Waals surface area contributed by atoms with E-state index in [4.69, 9.17) is 4.74 Å². The minimum Gasteiger partial charge on any atom is -0.493 e. The Kier molecular flexibility index (Phi) is 4.56. The number of morpholine rings is 1. The van der Waals surface area contributed by atoms with Crippen molar-refractivity contribution < 1.29 is 14.6 Å². The maximum absolute atomic E-state index is 12.6. The fourth-order valence-electron chi connectivity index (χ4n) is 3.20. The lowest BCUT2D eigenvalue weighted by Gasteiger charge is -2.22. The molecule has 0 aromatic carbocycles. The monoisotopic (exact) mass is 412 g/mol. The average Bonchev–Trinajstić information content (AvgIpc) is 3.37. The van der Waals surface area contributed by atoms with E-state index in [1.807, 2.05) is 0 Å². The van der Waals surface area contributed by atoms with Crippen LogP contribution in [0.15, 0.2) is 22.1 Å². The van der Waals surface area contributed by atoms with E-state index < -0.39 is 11.8 Å². The fraction of sp³-hybridized carbons (Fsp3) is 0.389. The van der Waals surface area contributed by atoms with E-state index in [9.17, 15) is 14.7 Å². The van der Waals surface area contributed by atoms with Gasteiger partial charge in [-0.2, -0.15) is 9.61 Å². The van der Waals surface area contributed by atoms with Crippen LogP contribution in [0.5, 0.6) is 5.88 Å². The van der Waals surface area contributed by atoms with Gasteiger partial charge in [-0.15, -0.1) is 0 Å². The second-order valence-electron chi connectivity index (χ2n) is 7.23. The van der Waals surface area contributed by atoms with Crippen molar-refractivity contribution >= 4 is 23.4 Å². The predicted molar refractivity (Wildman–Crippen MR) is 105 cm³/mol. The first-order valence-electron chi connectivity index (χ1n) is 9.65. The van der Waals surface area contributed by atoms with Crippen LogP contribution < -0.4 is 27.0 Å². The number of fused-ring (bicyclic) bond motifs is 1. The number of carbonyl (C=O) groups excluding carboxylic acids is 1. The van der Waals surface area contributed by atoms with Crippen molar-refractivity contribution in [3.05, 3.63) is 39.1 Å². The molecule has 2 fully saturated rings. The van der Waals surface area contributed by atoms with Crippen LogP contribution in [0.25, 0.3) is 11.7 Å². The van der Waals surface area contributed by atoms with Crippen LogP contribution in [0.1, 0.15) is 18.5 Å². The number of anilines is 1. The zero-order chi connectivity index (χ0) is 20.7. The zero-order valence-corrected chi connectivity index (χ0v) is 15.9. The molecule has 0 spiro atoms. The summed E-state index contributed by atoms with van der Waals surface area (Å²) in [6.07, 6.45) is 4.51. The third kappa shape index (κ3) is 3.69. The summed E-state index contributed by atoms with van der Waals surface area (Å²) >= 11 is 0. The molecule has 30 heavy (non-hydrogen) atoms. The van der Waals surface area contributed by atoms with Crippen molar-refractivity contribution in [1.82, 2.24) is 29.9 Å². The van der Waals surface area contributed by atoms with Gasteiger partial charge in [0.2, 0.25) is 5.88 Å². The van der Waals surface area contributed by atoms with Gasteiger partial charge in [-0.3, -0.25) is 14.8 Å². The third-order valence-corrected chi connectivity index (χ3v) is 4.85. The number of rotatable bonds is 4. The number of aromatic amines is 2. The number of nitrogens with one attached hydrogen (secondary N) is 4. The highest BCUT2D eigenvalue weighted by molar-refractivity contribution is 5.93. The zero-order valence-electron chi connectivity index (χ0n) is 15.9. The van der Waals surface area contributed by atoms with Crippen LogP contribution in [0.2, 0.25) is 0 Å². The van der Waals surface area contributed by atoms with Crippen molar-refractivity contribution in [1.29, 1.82) is 0 Å². The molecular weight excluding hydrogens is 392 g/mol. The fourth-order valence-corrected chi connectivity index (χ4v) is 3.20. The molecule has 156 valence electrons. The summed E-state index contributed by atoms with van der Waals surface area (Å²) in [4.78, 5) is 37.9. The minimum atomic E-state index is -0.599. The summed E-state index contributed by atoms with van der Waals surface area (Å²) in [5.41, 5.74) is 0.665. The quantitative estimate of drug-likeness (QED) is 0.331. The number of nitrogens with zero attached hydrogens (tertiary/aromatic N) is 4. The second-order valence-corrected chi connectivity index (χ2v) is 7.23. The molecule has 1 aliphatic carbocycles. The summed E-state index contributed by atoms with van der Waals surface area (Å²) in [6.45, 7) is 1.60. The molecule has 3 aromatic rings. The number of amides is 1. The normalized spacial score (nSPS) is 20.7. The van der Waals surface area contributed by atoms with Crippen LogP contribution >= 0.6 is 0 Å². The maximum atomic E-state index is 12.6. The van der Waals surface area contributed by atoms with Gasteiger partial charge in [-0.25, -0.2) is 9.78 Å². The van der Waals surface area contributed by atoms with E-state index in [1.165, 1.54) is 0 Å². The van der Waals surface area contributed by atoms with Crippen molar-refractivity contribution in [3.63, 3.8) is 0 Å². The molecule has 1 saturated carbocycles. The molecule has 1 unspecified atom stereocenters. The molecule has 4 heterocycles. The van der Waals surface area contributed by atoms with Crippen LogP contribution in [-0.2, 0) is 9.53 Å². The summed E-state index contributed by atoms with van der Waals surface area (Å²) < 4.78 is 7.06. The van der Waals surface area contributed by atoms with Gasteiger partial charge in [0.1, 0.15) is 17.6 Å². The Balaban J connectivity index is 1.58. The number of H-pyrrole nitrogens is 2. The van der Waals surface area contributed by atoms with Crippen LogP contribution in [0.3, 0.4) is 0 Å². The van der Waals surface area contributed by atoms with Crippen LogP contribution in [0, 0.1) is 0 Å². The van der Waals surface area contributed by atoms with Crippen LogP contribution in [0.4, 0.5) is 5.82 Å². The van der Waals surface area contributed by atoms with Crippen molar-refractivity contribution in [3.8, 4) is 5.88 Å². The minimum absolute atomic E-state index is 0.202.